The first kappa shape index (κ1) is 21.9. The van der Waals surface area contributed by atoms with Gasteiger partial charge in [-0.05, 0) is 43.7 Å². The van der Waals surface area contributed by atoms with Gasteiger partial charge >= 0.3 is 0 Å². The Morgan fingerprint density at radius 3 is 2.65 bits per heavy atom. The molecular formula is C23H27N5O3. The van der Waals surface area contributed by atoms with Gasteiger partial charge in [-0.25, -0.2) is 9.98 Å². The molecule has 0 bridgehead atoms. The molecule has 0 unspecified atom stereocenters. The third-order valence-electron chi connectivity index (χ3n) is 4.36. The fraction of sp³-hybridized carbons (Fsp3) is 0.261. The zero-order chi connectivity index (χ0) is 21.9. The summed E-state index contributed by atoms with van der Waals surface area (Å²) in [5, 5.41) is 18.7. The van der Waals surface area contributed by atoms with Gasteiger partial charge in [0.15, 0.2) is 5.96 Å². The minimum atomic E-state index is -0.211. The molecule has 0 aliphatic carbocycles. The maximum atomic E-state index is 12.1. The SMILES string of the molecule is CCNC(=NCc1coc(-c2ccccc2)n1)NCCCNC(=O)c1cccc(O)c1. The fourth-order valence-electron chi connectivity index (χ4n) is 2.84. The summed E-state index contributed by atoms with van der Waals surface area (Å²) in [6, 6.07) is 16.0. The van der Waals surface area contributed by atoms with Crippen LogP contribution in [0.25, 0.3) is 11.5 Å². The van der Waals surface area contributed by atoms with Crippen LogP contribution in [0, 0.1) is 0 Å². The van der Waals surface area contributed by atoms with Crippen molar-refractivity contribution in [3.05, 3.63) is 72.1 Å². The van der Waals surface area contributed by atoms with Crippen molar-refractivity contribution in [1.82, 2.24) is 20.9 Å². The number of phenols is 1. The van der Waals surface area contributed by atoms with Crippen molar-refractivity contribution in [3.8, 4) is 17.2 Å². The number of rotatable bonds is 9. The number of amides is 1. The number of guanidine groups is 1. The zero-order valence-electron chi connectivity index (χ0n) is 17.5. The summed E-state index contributed by atoms with van der Waals surface area (Å²) in [4.78, 5) is 21.1. The van der Waals surface area contributed by atoms with Crippen LogP contribution in [0.15, 0.2) is 70.3 Å². The number of aromatic hydroxyl groups is 1. The van der Waals surface area contributed by atoms with Crippen LogP contribution >= 0.6 is 0 Å². The van der Waals surface area contributed by atoms with Gasteiger partial charge in [-0.15, -0.1) is 0 Å². The van der Waals surface area contributed by atoms with Crippen LogP contribution in [0.2, 0.25) is 0 Å². The number of phenolic OH excluding ortho intramolecular Hbond substituents is 1. The van der Waals surface area contributed by atoms with E-state index in [9.17, 15) is 9.90 Å². The number of aromatic nitrogens is 1. The summed E-state index contributed by atoms with van der Waals surface area (Å²) < 4.78 is 5.55. The topological polar surface area (TPSA) is 112 Å². The van der Waals surface area contributed by atoms with Crippen LogP contribution in [0.3, 0.4) is 0 Å². The molecule has 0 saturated heterocycles. The number of nitrogens with zero attached hydrogens (tertiary/aromatic N) is 2. The highest BCUT2D eigenvalue weighted by atomic mass is 16.3. The van der Waals surface area contributed by atoms with Crippen LogP contribution in [0.4, 0.5) is 0 Å². The van der Waals surface area contributed by atoms with E-state index >= 15 is 0 Å². The second-order valence-electron chi connectivity index (χ2n) is 6.79. The molecule has 0 atom stereocenters. The second kappa shape index (κ2) is 11.4. The standard InChI is InChI=1S/C23H27N5O3/c1-2-24-23(26-13-7-12-25-21(30)18-10-6-11-20(29)14-18)27-15-19-16-31-22(28-19)17-8-4-3-5-9-17/h3-6,8-11,14,16,29H,2,7,12-13,15H2,1H3,(H,25,30)(H2,24,26,27). The highest BCUT2D eigenvalue weighted by Gasteiger charge is 2.07. The minimum Gasteiger partial charge on any atom is -0.508 e. The highest BCUT2D eigenvalue weighted by Crippen LogP contribution is 2.18. The normalized spacial score (nSPS) is 11.2. The van der Waals surface area contributed by atoms with E-state index in [1.807, 2.05) is 37.3 Å². The predicted octanol–water partition coefficient (Wildman–Crippen LogP) is 2.92. The number of benzene rings is 2. The lowest BCUT2D eigenvalue weighted by molar-refractivity contribution is 0.0953. The Balaban J connectivity index is 1.43. The summed E-state index contributed by atoms with van der Waals surface area (Å²) in [6.45, 7) is 4.26. The van der Waals surface area contributed by atoms with E-state index < -0.39 is 0 Å². The summed E-state index contributed by atoms with van der Waals surface area (Å²) in [6.07, 6.45) is 2.34. The molecule has 31 heavy (non-hydrogen) atoms. The average molecular weight is 422 g/mol. The summed E-state index contributed by atoms with van der Waals surface area (Å²) in [7, 11) is 0. The maximum Gasteiger partial charge on any atom is 0.251 e. The van der Waals surface area contributed by atoms with Gasteiger partial charge < -0.3 is 25.5 Å². The van der Waals surface area contributed by atoms with E-state index in [4.69, 9.17) is 4.42 Å². The van der Waals surface area contributed by atoms with Crippen LogP contribution in [0.5, 0.6) is 5.75 Å². The molecule has 0 aliphatic heterocycles. The molecule has 1 aromatic heterocycles. The molecule has 2 aromatic carbocycles. The fourth-order valence-corrected chi connectivity index (χ4v) is 2.84. The molecular weight excluding hydrogens is 394 g/mol. The Morgan fingerprint density at radius 1 is 1.06 bits per heavy atom. The van der Waals surface area contributed by atoms with Crippen LogP contribution < -0.4 is 16.0 Å². The molecule has 3 aromatic rings. The third kappa shape index (κ3) is 6.88. The van der Waals surface area contributed by atoms with E-state index in [0.29, 0.717) is 37.0 Å². The minimum absolute atomic E-state index is 0.0730. The van der Waals surface area contributed by atoms with Gasteiger partial charge in [0.25, 0.3) is 5.91 Å². The van der Waals surface area contributed by atoms with Gasteiger partial charge in [0, 0.05) is 30.8 Å². The number of hydrogen-bond donors (Lipinski definition) is 4. The molecule has 8 nitrogen and oxygen atoms in total. The molecule has 0 aliphatic rings. The van der Waals surface area contributed by atoms with Gasteiger partial charge in [-0.3, -0.25) is 4.79 Å². The third-order valence-corrected chi connectivity index (χ3v) is 4.36. The smallest absolute Gasteiger partial charge is 0.251 e. The lowest BCUT2D eigenvalue weighted by Crippen LogP contribution is -2.38. The first-order chi connectivity index (χ1) is 15.2. The van der Waals surface area contributed by atoms with Crippen LogP contribution in [0.1, 0.15) is 29.4 Å². The quantitative estimate of drug-likeness (QED) is 0.240. The molecule has 0 saturated carbocycles. The average Bonchev–Trinajstić information content (AvgIpc) is 3.27. The van der Waals surface area contributed by atoms with Crippen molar-refractivity contribution in [2.45, 2.75) is 19.9 Å². The van der Waals surface area contributed by atoms with Crippen molar-refractivity contribution in [2.24, 2.45) is 4.99 Å². The number of oxazole rings is 1. The van der Waals surface area contributed by atoms with Crippen molar-refractivity contribution in [2.75, 3.05) is 19.6 Å². The largest absolute Gasteiger partial charge is 0.508 e. The number of aliphatic imine (C=N–C) groups is 1. The van der Waals surface area contributed by atoms with E-state index in [-0.39, 0.29) is 11.7 Å². The first-order valence-corrected chi connectivity index (χ1v) is 10.2. The van der Waals surface area contributed by atoms with Gasteiger partial charge in [0.1, 0.15) is 17.7 Å². The zero-order valence-corrected chi connectivity index (χ0v) is 17.5. The summed E-state index contributed by atoms with van der Waals surface area (Å²) >= 11 is 0. The lowest BCUT2D eigenvalue weighted by Gasteiger charge is -2.11. The highest BCUT2D eigenvalue weighted by molar-refractivity contribution is 5.94. The van der Waals surface area contributed by atoms with Crippen LogP contribution in [-0.2, 0) is 6.54 Å². The van der Waals surface area contributed by atoms with Gasteiger partial charge in [-0.2, -0.15) is 0 Å². The van der Waals surface area contributed by atoms with E-state index in [1.165, 1.54) is 12.1 Å². The lowest BCUT2D eigenvalue weighted by atomic mass is 10.2. The Kier molecular flexibility index (Phi) is 8.05. The number of carbonyl (C=O) groups excluding carboxylic acids is 1. The number of nitrogens with one attached hydrogen (secondary N) is 3. The van der Waals surface area contributed by atoms with E-state index in [0.717, 1.165) is 24.2 Å². The Hall–Kier alpha value is -3.81. The Bertz CT molecular complexity index is 1000. The van der Waals surface area contributed by atoms with Crippen molar-refractivity contribution < 1.29 is 14.3 Å². The van der Waals surface area contributed by atoms with E-state index in [2.05, 4.69) is 25.9 Å². The first-order valence-electron chi connectivity index (χ1n) is 10.2. The molecule has 0 radical (unpaired) electrons. The number of hydrogen-bond acceptors (Lipinski definition) is 5. The molecule has 8 heteroatoms. The van der Waals surface area contributed by atoms with Crippen molar-refractivity contribution >= 4 is 11.9 Å². The van der Waals surface area contributed by atoms with Crippen molar-refractivity contribution in [1.29, 1.82) is 0 Å². The molecule has 1 amide bonds. The molecule has 0 spiro atoms. The van der Waals surface area contributed by atoms with Crippen molar-refractivity contribution in [3.63, 3.8) is 0 Å². The van der Waals surface area contributed by atoms with Gasteiger partial charge in [0.2, 0.25) is 5.89 Å². The Labute approximate surface area is 181 Å². The van der Waals surface area contributed by atoms with Gasteiger partial charge in [-0.1, -0.05) is 24.3 Å². The van der Waals surface area contributed by atoms with Crippen LogP contribution in [-0.4, -0.2) is 41.6 Å². The second-order valence-corrected chi connectivity index (χ2v) is 6.79. The molecule has 0 fully saturated rings. The summed E-state index contributed by atoms with van der Waals surface area (Å²) in [5.74, 6) is 1.11. The van der Waals surface area contributed by atoms with Gasteiger partial charge in [0.05, 0.1) is 6.54 Å². The molecule has 4 N–H and O–H groups in total. The molecule has 1 heterocycles. The summed E-state index contributed by atoms with van der Waals surface area (Å²) in [5.41, 5.74) is 2.11. The Morgan fingerprint density at radius 2 is 1.87 bits per heavy atom. The predicted molar refractivity (Wildman–Crippen MR) is 120 cm³/mol. The maximum absolute atomic E-state index is 12.1. The van der Waals surface area contributed by atoms with E-state index in [1.54, 1.807) is 18.4 Å². The monoisotopic (exact) mass is 421 g/mol. The molecule has 162 valence electrons. The number of carbonyl (C=O) groups is 1. The molecule has 3 rings (SSSR count).